The summed E-state index contributed by atoms with van der Waals surface area (Å²) in [7, 11) is 0. The van der Waals surface area contributed by atoms with Crippen molar-refractivity contribution < 1.29 is 9.53 Å². The number of carbonyl (C=O) groups is 1. The van der Waals surface area contributed by atoms with Gasteiger partial charge < -0.3 is 15.0 Å². The number of urea groups is 1. The van der Waals surface area contributed by atoms with E-state index >= 15 is 0 Å². The van der Waals surface area contributed by atoms with Gasteiger partial charge in [0.2, 0.25) is 0 Å². The topological polar surface area (TPSA) is 70.2 Å². The minimum Gasteiger partial charge on any atom is -0.491 e. The third kappa shape index (κ3) is 2.84. The molecule has 1 atom stereocenters. The molecule has 2 aromatic rings. The molecule has 25 heavy (non-hydrogen) atoms. The third-order valence-corrected chi connectivity index (χ3v) is 5.24. The highest BCUT2D eigenvalue weighted by molar-refractivity contribution is 6.31. The van der Waals surface area contributed by atoms with Crippen molar-refractivity contribution in [3.63, 3.8) is 0 Å². The highest BCUT2D eigenvalue weighted by Gasteiger charge is 2.33. The van der Waals surface area contributed by atoms with Gasteiger partial charge in [-0.05, 0) is 38.8 Å². The van der Waals surface area contributed by atoms with Crippen LogP contribution in [0.1, 0.15) is 41.4 Å². The summed E-state index contributed by atoms with van der Waals surface area (Å²) in [6.45, 7) is 5.33. The fraction of sp³-hybridized carbons (Fsp3) is 0.444. The molecule has 3 heterocycles. The van der Waals surface area contributed by atoms with E-state index in [1.807, 2.05) is 24.8 Å². The molecule has 1 saturated heterocycles. The van der Waals surface area contributed by atoms with E-state index in [4.69, 9.17) is 16.3 Å². The van der Waals surface area contributed by atoms with Gasteiger partial charge in [0.15, 0.2) is 0 Å². The van der Waals surface area contributed by atoms with Gasteiger partial charge in [0.1, 0.15) is 5.75 Å². The van der Waals surface area contributed by atoms with Crippen LogP contribution in [0.4, 0.5) is 10.5 Å². The second kappa shape index (κ2) is 6.26. The number of likely N-dealkylation sites (tertiary alicyclic amines) is 1. The Balaban J connectivity index is 1.59. The van der Waals surface area contributed by atoms with Crippen LogP contribution in [0, 0.1) is 13.8 Å². The molecule has 0 aliphatic carbocycles. The van der Waals surface area contributed by atoms with Gasteiger partial charge in [-0.15, -0.1) is 0 Å². The van der Waals surface area contributed by atoms with Gasteiger partial charge in [-0.3, -0.25) is 5.10 Å². The van der Waals surface area contributed by atoms with Crippen LogP contribution in [0.25, 0.3) is 0 Å². The quantitative estimate of drug-likeness (QED) is 0.850. The number of fused-ring (bicyclic) bond motifs is 1. The maximum atomic E-state index is 12.9. The fourth-order valence-electron chi connectivity index (χ4n) is 3.91. The lowest BCUT2D eigenvalue weighted by atomic mass is 10.0. The van der Waals surface area contributed by atoms with Crippen LogP contribution >= 0.6 is 11.6 Å². The van der Waals surface area contributed by atoms with Gasteiger partial charge in [0, 0.05) is 34.8 Å². The van der Waals surface area contributed by atoms with Crippen LogP contribution in [-0.4, -0.2) is 34.3 Å². The average Bonchev–Trinajstić information content (AvgIpc) is 3.27. The molecule has 132 valence electrons. The Hall–Kier alpha value is -2.21. The van der Waals surface area contributed by atoms with E-state index in [1.165, 1.54) is 0 Å². The van der Waals surface area contributed by atoms with Crippen LogP contribution in [0.5, 0.6) is 5.75 Å². The Labute approximate surface area is 151 Å². The van der Waals surface area contributed by atoms with Crippen molar-refractivity contribution in [2.75, 3.05) is 18.5 Å². The van der Waals surface area contributed by atoms with Crippen molar-refractivity contribution >= 4 is 23.3 Å². The zero-order valence-electron chi connectivity index (χ0n) is 14.4. The molecule has 0 bridgehead atoms. The van der Waals surface area contributed by atoms with Crippen LogP contribution in [0.3, 0.4) is 0 Å². The molecule has 2 N–H and O–H groups in total. The number of ether oxygens (including phenoxy) is 1. The Bertz CT molecular complexity index is 813. The van der Waals surface area contributed by atoms with Gasteiger partial charge >= 0.3 is 6.03 Å². The summed E-state index contributed by atoms with van der Waals surface area (Å²) in [5, 5.41) is 10.9. The second-order valence-electron chi connectivity index (χ2n) is 6.67. The number of nitrogens with zero attached hydrogens (tertiary/aromatic N) is 2. The van der Waals surface area contributed by atoms with Crippen molar-refractivity contribution in [1.29, 1.82) is 0 Å². The van der Waals surface area contributed by atoms with Crippen molar-refractivity contribution in [1.82, 2.24) is 15.1 Å². The number of aryl methyl sites for hydroxylation is 2. The lowest BCUT2D eigenvalue weighted by Crippen LogP contribution is -2.34. The summed E-state index contributed by atoms with van der Waals surface area (Å²) in [6, 6.07) is 3.58. The van der Waals surface area contributed by atoms with Gasteiger partial charge in [0.05, 0.1) is 24.0 Å². The number of hydrogen-bond donors (Lipinski definition) is 2. The fourth-order valence-corrected chi connectivity index (χ4v) is 4.15. The minimum atomic E-state index is -0.123. The molecule has 1 fully saturated rings. The normalized spacial score (nSPS) is 19.0. The number of carbonyl (C=O) groups excluding carboxylic acids is 1. The summed E-state index contributed by atoms with van der Waals surface area (Å²) in [5.41, 5.74) is 4.79. The van der Waals surface area contributed by atoms with Gasteiger partial charge in [-0.2, -0.15) is 5.10 Å². The highest BCUT2D eigenvalue weighted by atomic mass is 35.5. The number of benzene rings is 1. The Kier molecular flexibility index (Phi) is 4.07. The molecule has 7 heteroatoms. The minimum absolute atomic E-state index is 0.0481. The molecule has 1 unspecified atom stereocenters. The molecule has 2 amide bonds. The van der Waals surface area contributed by atoms with Gasteiger partial charge in [-0.1, -0.05) is 11.6 Å². The number of aromatic nitrogens is 2. The van der Waals surface area contributed by atoms with E-state index < -0.39 is 0 Å². The number of H-pyrrole nitrogens is 1. The summed E-state index contributed by atoms with van der Waals surface area (Å²) >= 11 is 6.19. The largest absolute Gasteiger partial charge is 0.491 e. The van der Waals surface area contributed by atoms with E-state index in [2.05, 4.69) is 15.5 Å². The van der Waals surface area contributed by atoms with Crippen molar-refractivity contribution in [3.05, 3.63) is 39.7 Å². The first-order chi connectivity index (χ1) is 12.0. The molecular weight excluding hydrogens is 340 g/mol. The maximum absolute atomic E-state index is 12.9. The number of amides is 2. The van der Waals surface area contributed by atoms with Crippen molar-refractivity contribution in [3.8, 4) is 5.75 Å². The lowest BCUT2D eigenvalue weighted by molar-refractivity contribution is 0.206. The zero-order valence-corrected chi connectivity index (χ0v) is 15.1. The number of anilines is 1. The van der Waals surface area contributed by atoms with E-state index in [-0.39, 0.29) is 12.1 Å². The second-order valence-corrected chi connectivity index (χ2v) is 7.11. The predicted molar refractivity (Wildman–Crippen MR) is 96.4 cm³/mol. The summed E-state index contributed by atoms with van der Waals surface area (Å²) in [4.78, 5) is 14.8. The van der Waals surface area contributed by atoms with Crippen LogP contribution in [0.15, 0.2) is 12.1 Å². The lowest BCUT2D eigenvalue weighted by Gasteiger charge is -2.26. The summed E-state index contributed by atoms with van der Waals surface area (Å²) in [6.07, 6.45) is 2.74. The molecule has 1 aromatic carbocycles. The van der Waals surface area contributed by atoms with E-state index in [9.17, 15) is 4.79 Å². The molecule has 6 nitrogen and oxygen atoms in total. The SMILES string of the molecule is Cc1n[nH]c(C)c1C1CCCN1C(=O)Nc1cc(Cl)cc2c1OCC2. The Morgan fingerprint density at radius 2 is 2.28 bits per heavy atom. The molecule has 4 rings (SSSR count). The standard InChI is InChI=1S/C18H21ClN4O2/c1-10-16(11(2)22-21-10)15-4-3-6-23(15)18(24)20-14-9-13(19)8-12-5-7-25-17(12)14/h8-9,15H,3-7H2,1-2H3,(H,20,24)(H,21,22). The van der Waals surface area contributed by atoms with E-state index in [1.54, 1.807) is 6.07 Å². The van der Waals surface area contributed by atoms with Crippen LogP contribution in [0.2, 0.25) is 5.02 Å². The van der Waals surface area contributed by atoms with Gasteiger partial charge in [0.25, 0.3) is 0 Å². The number of hydrogen-bond acceptors (Lipinski definition) is 3. The molecular formula is C18H21ClN4O2. The Morgan fingerprint density at radius 3 is 3.04 bits per heavy atom. The summed E-state index contributed by atoms with van der Waals surface area (Å²) in [5.74, 6) is 0.740. The highest BCUT2D eigenvalue weighted by Crippen LogP contribution is 2.39. The maximum Gasteiger partial charge on any atom is 0.322 e. The first-order valence-corrected chi connectivity index (χ1v) is 8.96. The predicted octanol–water partition coefficient (Wildman–Crippen LogP) is 3.98. The zero-order chi connectivity index (χ0) is 17.6. The van der Waals surface area contributed by atoms with Crippen molar-refractivity contribution in [2.45, 2.75) is 39.2 Å². The van der Waals surface area contributed by atoms with Gasteiger partial charge in [-0.25, -0.2) is 4.79 Å². The van der Waals surface area contributed by atoms with Crippen LogP contribution in [-0.2, 0) is 6.42 Å². The molecule has 0 spiro atoms. The smallest absolute Gasteiger partial charge is 0.322 e. The van der Waals surface area contributed by atoms with Crippen LogP contribution < -0.4 is 10.1 Å². The van der Waals surface area contributed by atoms with Crippen molar-refractivity contribution in [2.24, 2.45) is 0 Å². The van der Waals surface area contributed by atoms with E-state index in [0.717, 1.165) is 54.1 Å². The monoisotopic (exact) mass is 360 g/mol. The molecule has 2 aliphatic rings. The number of nitrogens with one attached hydrogen (secondary N) is 2. The first-order valence-electron chi connectivity index (χ1n) is 8.59. The summed E-state index contributed by atoms with van der Waals surface area (Å²) < 4.78 is 5.68. The number of rotatable bonds is 2. The molecule has 0 saturated carbocycles. The third-order valence-electron chi connectivity index (χ3n) is 5.02. The molecule has 2 aliphatic heterocycles. The average molecular weight is 361 g/mol. The Morgan fingerprint density at radius 1 is 1.44 bits per heavy atom. The van der Waals surface area contributed by atoms with E-state index in [0.29, 0.717) is 17.3 Å². The molecule has 0 radical (unpaired) electrons. The first kappa shape index (κ1) is 16.3. The number of halogens is 1. The number of aromatic amines is 1. The molecule has 1 aromatic heterocycles.